The molecule has 116 valence electrons. The SMILES string of the molecule is Cc1nc2cc(C(CCl)N(CCCl)CCCl)ccc2n1C. The first-order valence-electron chi connectivity index (χ1n) is 6.97. The summed E-state index contributed by atoms with van der Waals surface area (Å²) in [7, 11) is 2.02. The number of benzene rings is 1. The maximum atomic E-state index is 6.20. The van der Waals surface area contributed by atoms with Crippen molar-refractivity contribution in [2.24, 2.45) is 7.05 Å². The van der Waals surface area contributed by atoms with Gasteiger partial charge in [-0.05, 0) is 24.6 Å². The maximum Gasteiger partial charge on any atom is 0.106 e. The van der Waals surface area contributed by atoms with E-state index in [2.05, 4.69) is 32.7 Å². The molecule has 6 heteroatoms. The molecule has 21 heavy (non-hydrogen) atoms. The summed E-state index contributed by atoms with van der Waals surface area (Å²) in [6.45, 7) is 3.54. The summed E-state index contributed by atoms with van der Waals surface area (Å²) < 4.78 is 2.09. The number of nitrogens with zero attached hydrogens (tertiary/aromatic N) is 3. The number of imidazole rings is 1. The average Bonchev–Trinajstić information content (AvgIpc) is 2.75. The number of hydrogen-bond acceptors (Lipinski definition) is 2. The highest BCUT2D eigenvalue weighted by atomic mass is 35.5. The van der Waals surface area contributed by atoms with E-state index < -0.39 is 0 Å². The Morgan fingerprint density at radius 1 is 1.19 bits per heavy atom. The highest BCUT2D eigenvalue weighted by Gasteiger charge is 2.19. The average molecular weight is 349 g/mol. The second kappa shape index (κ2) is 7.68. The van der Waals surface area contributed by atoms with Crippen LogP contribution >= 0.6 is 34.8 Å². The van der Waals surface area contributed by atoms with Crippen molar-refractivity contribution in [2.75, 3.05) is 30.7 Å². The molecule has 0 radical (unpaired) electrons. The largest absolute Gasteiger partial charge is 0.331 e. The summed E-state index contributed by atoms with van der Waals surface area (Å²) in [6, 6.07) is 6.44. The summed E-state index contributed by atoms with van der Waals surface area (Å²) >= 11 is 18.0. The third-order valence-electron chi connectivity index (χ3n) is 3.84. The molecule has 0 aliphatic heterocycles. The van der Waals surface area contributed by atoms with Gasteiger partial charge in [-0.2, -0.15) is 0 Å². The highest BCUT2D eigenvalue weighted by molar-refractivity contribution is 6.19. The van der Waals surface area contributed by atoms with Crippen LogP contribution in [0.2, 0.25) is 0 Å². The Balaban J connectivity index is 2.36. The van der Waals surface area contributed by atoms with Gasteiger partial charge in [0.25, 0.3) is 0 Å². The number of aromatic nitrogens is 2. The fourth-order valence-corrected chi connectivity index (χ4v) is 3.39. The minimum absolute atomic E-state index is 0.107. The molecule has 2 aromatic rings. The van der Waals surface area contributed by atoms with Crippen LogP contribution in [-0.4, -0.2) is 45.2 Å². The standard InChI is InChI=1S/C15H20Cl3N3/c1-11-19-13-9-12(3-4-14(13)20(11)2)15(10-18)21(7-5-16)8-6-17/h3-4,9,15H,5-8,10H2,1-2H3. The smallest absolute Gasteiger partial charge is 0.106 e. The van der Waals surface area contributed by atoms with Crippen LogP contribution in [0, 0.1) is 6.92 Å². The van der Waals surface area contributed by atoms with Gasteiger partial charge in [-0.1, -0.05) is 6.07 Å². The summed E-state index contributed by atoms with van der Waals surface area (Å²) in [4.78, 5) is 6.82. The van der Waals surface area contributed by atoms with E-state index in [9.17, 15) is 0 Å². The van der Waals surface area contributed by atoms with E-state index in [4.69, 9.17) is 34.8 Å². The molecule has 1 aromatic heterocycles. The van der Waals surface area contributed by atoms with Crippen LogP contribution in [0.15, 0.2) is 18.2 Å². The predicted molar refractivity (Wildman–Crippen MR) is 91.9 cm³/mol. The van der Waals surface area contributed by atoms with Crippen molar-refractivity contribution < 1.29 is 0 Å². The monoisotopic (exact) mass is 347 g/mol. The molecular formula is C15H20Cl3N3. The first-order chi connectivity index (χ1) is 10.1. The summed E-state index contributed by atoms with van der Waals surface area (Å²) in [5, 5.41) is 0. The molecule has 3 nitrogen and oxygen atoms in total. The van der Waals surface area contributed by atoms with Gasteiger partial charge in [0, 0.05) is 43.8 Å². The van der Waals surface area contributed by atoms with Crippen molar-refractivity contribution in [3.63, 3.8) is 0 Å². The molecule has 0 aliphatic rings. The molecule has 0 saturated carbocycles. The lowest BCUT2D eigenvalue weighted by Gasteiger charge is -2.29. The van der Waals surface area contributed by atoms with E-state index in [1.165, 1.54) is 0 Å². The third-order valence-corrected chi connectivity index (χ3v) is 4.47. The van der Waals surface area contributed by atoms with Crippen molar-refractivity contribution >= 4 is 45.8 Å². The topological polar surface area (TPSA) is 21.1 Å². The fraction of sp³-hybridized carbons (Fsp3) is 0.533. The number of halogens is 3. The van der Waals surface area contributed by atoms with Gasteiger partial charge in [0.15, 0.2) is 0 Å². The lowest BCUT2D eigenvalue weighted by molar-refractivity contribution is 0.240. The van der Waals surface area contributed by atoms with Gasteiger partial charge >= 0.3 is 0 Å². The van der Waals surface area contributed by atoms with E-state index >= 15 is 0 Å². The predicted octanol–water partition coefficient (Wildman–Crippen LogP) is 3.94. The molecule has 0 aliphatic carbocycles. The molecule has 1 aromatic carbocycles. The van der Waals surface area contributed by atoms with E-state index in [1.54, 1.807) is 0 Å². The van der Waals surface area contributed by atoms with Crippen molar-refractivity contribution in [1.82, 2.24) is 14.5 Å². The van der Waals surface area contributed by atoms with Gasteiger partial charge in [0.05, 0.1) is 11.0 Å². The molecule has 0 spiro atoms. The number of aryl methyl sites for hydroxylation is 2. The Labute approximate surface area is 140 Å². The van der Waals surface area contributed by atoms with Gasteiger partial charge in [-0.15, -0.1) is 34.8 Å². The number of alkyl halides is 3. The van der Waals surface area contributed by atoms with E-state index in [0.717, 1.165) is 35.5 Å². The van der Waals surface area contributed by atoms with Crippen LogP contribution < -0.4 is 0 Å². The normalized spacial score (nSPS) is 13.2. The van der Waals surface area contributed by atoms with Crippen LogP contribution in [0.5, 0.6) is 0 Å². The molecule has 0 N–H and O–H groups in total. The van der Waals surface area contributed by atoms with Gasteiger partial charge in [-0.3, -0.25) is 4.90 Å². The molecule has 0 amide bonds. The molecule has 1 heterocycles. The van der Waals surface area contributed by atoms with Crippen LogP contribution in [0.3, 0.4) is 0 Å². The van der Waals surface area contributed by atoms with Crippen molar-refractivity contribution in [1.29, 1.82) is 0 Å². The quantitative estimate of drug-likeness (QED) is 0.707. The maximum absolute atomic E-state index is 6.20. The molecule has 1 unspecified atom stereocenters. The van der Waals surface area contributed by atoms with Gasteiger partial charge in [0.2, 0.25) is 0 Å². The first-order valence-corrected chi connectivity index (χ1v) is 8.57. The minimum atomic E-state index is 0.107. The molecule has 0 bridgehead atoms. The first kappa shape index (κ1) is 16.9. The van der Waals surface area contributed by atoms with Crippen LogP contribution in [0.4, 0.5) is 0 Å². The highest BCUT2D eigenvalue weighted by Crippen LogP contribution is 2.26. The second-order valence-electron chi connectivity index (χ2n) is 5.05. The van der Waals surface area contributed by atoms with E-state index in [-0.39, 0.29) is 6.04 Å². The Bertz CT molecular complexity index is 591. The van der Waals surface area contributed by atoms with Crippen molar-refractivity contribution in [3.05, 3.63) is 29.6 Å². The van der Waals surface area contributed by atoms with Gasteiger partial charge in [0.1, 0.15) is 5.82 Å². The molecular weight excluding hydrogens is 329 g/mol. The second-order valence-corrected chi connectivity index (χ2v) is 6.11. The third kappa shape index (κ3) is 3.65. The zero-order valence-corrected chi connectivity index (χ0v) is 14.6. The number of fused-ring (bicyclic) bond motifs is 1. The van der Waals surface area contributed by atoms with Crippen LogP contribution in [0.25, 0.3) is 11.0 Å². The Morgan fingerprint density at radius 3 is 2.43 bits per heavy atom. The van der Waals surface area contributed by atoms with Crippen LogP contribution in [0.1, 0.15) is 17.4 Å². The summed E-state index contributed by atoms with van der Waals surface area (Å²) in [5.74, 6) is 2.64. The van der Waals surface area contributed by atoms with Gasteiger partial charge < -0.3 is 4.57 Å². The van der Waals surface area contributed by atoms with Crippen molar-refractivity contribution in [3.8, 4) is 0 Å². The zero-order chi connectivity index (χ0) is 15.4. The Hall–Kier alpha value is -0.480. The number of rotatable bonds is 7. The van der Waals surface area contributed by atoms with Gasteiger partial charge in [-0.25, -0.2) is 4.98 Å². The Kier molecular flexibility index (Phi) is 6.18. The van der Waals surface area contributed by atoms with E-state index in [0.29, 0.717) is 17.6 Å². The minimum Gasteiger partial charge on any atom is -0.331 e. The van der Waals surface area contributed by atoms with E-state index in [1.807, 2.05) is 14.0 Å². The number of hydrogen-bond donors (Lipinski definition) is 0. The zero-order valence-electron chi connectivity index (χ0n) is 12.3. The fourth-order valence-electron chi connectivity index (χ4n) is 2.58. The van der Waals surface area contributed by atoms with Crippen LogP contribution in [-0.2, 0) is 7.05 Å². The summed E-state index contributed by atoms with van der Waals surface area (Å²) in [5.41, 5.74) is 3.29. The van der Waals surface area contributed by atoms with Crippen molar-refractivity contribution in [2.45, 2.75) is 13.0 Å². The molecule has 1 atom stereocenters. The Morgan fingerprint density at radius 2 is 1.86 bits per heavy atom. The molecule has 2 rings (SSSR count). The lowest BCUT2D eigenvalue weighted by Crippen LogP contribution is -2.33. The lowest BCUT2D eigenvalue weighted by atomic mass is 10.1. The molecule has 0 saturated heterocycles. The molecule has 0 fully saturated rings. The summed E-state index contributed by atoms with van der Waals surface area (Å²) in [6.07, 6.45) is 0.